The molecular weight excluding hydrogens is 344 g/mol. The van der Waals surface area contributed by atoms with Crippen molar-refractivity contribution < 1.29 is 9.90 Å². The summed E-state index contributed by atoms with van der Waals surface area (Å²) in [5.41, 5.74) is 2.07. The summed E-state index contributed by atoms with van der Waals surface area (Å²) >= 11 is 0. The first-order valence-corrected chi connectivity index (χ1v) is 9.91. The number of amides is 1. The van der Waals surface area contributed by atoms with Gasteiger partial charge in [0.2, 0.25) is 11.9 Å². The van der Waals surface area contributed by atoms with Crippen molar-refractivity contribution in [1.82, 2.24) is 19.8 Å². The van der Waals surface area contributed by atoms with E-state index in [9.17, 15) is 9.90 Å². The maximum atomic E-state index is 11.7. The summed E-state index contributed by atoms with van der Waals surface area (Å²) in [7, 11) is 3.86. The summed E-state index contributed by atoms with van der Waals surface area (Å²) in [6.45, 7) is 6.55. The van der Waals surface area contributed by atoms with Gasteiger partial charge in [0, 0.05) is 46.2 Å². The number of nitrogens with one attached hydrogen (secondary N) is 1. The minimum Gasteiger partial charge on any atom is -0.392 e. The molecule has 0 aromatic carbocycles. The predicted octanol–water partition coefficient (Wildman–Crippen LogP) is 0.706. The number of likely N-dealkylation sites (tertiary alicyclic amines) is 1. The van der Waals surface area contributed by atoms with Crippen molar-refractivity contribution in [3.8, 4) is 0 Å². The van der Waals surface area contributed by atoms with E-state index in [1.54, 1.807) is 6.92 Å². The van der Waals surface area contributed by atoms with E-state index >= 15 is 0 Å². The highest BCUT2D eigenvalue weighted by molar-refractivity contribution is 5.73. The molecule has 3 heterocycles. The number of nitrogens with zero attached hydrogens (tertiary/aromatic N) is 5. The van der Waals surface area contributed by atoms with Crippen LogP contribution in [0, 0.1) is 0 Å². The normalized spacial score (nSPS) is 20.3. The topological polar surface area (TPSA) is 84.8 Å². The van der Waals surface area contributed by atoms with Gasteiger partial charge in [0.25, 0.3) is 0 Å². The first-order valence-electron chi connectivity index (χ1n) is 9.91. The first kappa shape index (κ1) is 19.8. The maximum Gasteiger partial charge on any atom is 0.227 e. The zero-order valence-corrected chi connectivity index (χ0v) is 16.7. The standard InChI is InChI=1S/C19H32N6O2/c1-14(26)25-11-7-16-17(13-25)21-19(23(2)3)22-18(16)20-8-5-10-24-9-4-6-15(27)12-24/h15,27H,4-13H2,1-3H3,(H,20,21,22). The summed E-state index contributed by atoms with van der Waals surface area (Å²) in [6, 6.07) is 0. The minimum absolute atomic E-state index is 0.0869. The van der Waals surface area contributed by atoms with Gasteiger partial charge in [0.15, 0.2) is 0 Å². The van der Waals surface area contributed by atoms with Crippen LogP contribution in [0.4, 0.5) is 11.8 Å². The van der Waals surface area contributed by atoms with Crippen LogP contribution in [-0.2, 0) is 17.8 Å². The number of carbonyl (C=O) groups is 1. The summed E-state index contributed by atoms with van der Waals surface area (Å²) in [5.74, 6) is 1.65. The molecule has 1 fully saturated rings. The molecule has 1 unspecified atom stereocenters. The second-order valence-electron chi connectivity index (χ2n) is 7.76. The number of aromatic nitrogens is 2. The Labute approximate surface area is 161 Å². The number of rotatable bonds is 6. The molecule has 8 nitrogen and oxygen atoms in total. The van der Waals surface area contributed by atoms with Crippen LogP contribution in [0.3, 0.4) is 0 Å². The first-order chi connectivity index (χ1) is 12.9. The van der Waals surface area contributed by atoms with Gasteiger partial charge in [-0.15, -0.1) is 0 Å². The summed E-state index contributed by atoms with van der Waals surface area (Å²) in [6.07, 6.45) is 3.61. The van der Waals surface area contributed by atoms with Gasteiger partial charge in [-0.2, -0.15) is 4.98 Å². The lowest BCUT2D eigenvalue weighted by Crippen LogP contribution is -2.39. The molecule has 150 valence electrons. The molecule has 1 saturated heterocycles. The Morgan fingerprint density at radius 1 is 1.33 bits per heavy atom. The van der Waals surface area contributed by atoms with Crippen molar-refractivity contribution in [3.05, 3.63) is 11.3 Å². The molecule has 0 saturated carbocycles. The molecule has 2 aliphatic rings. The van der Waals surface area contributed by atoms with Crippen LogP contribution in [0.25, 0.3) is 0 Å². The molecule has 8 heteroatoms. The number of β-amino-alcohol motifs (C(OH)–C–C–N with tert-alkyl or cyclic N) is 1. The second kappa shape index (κ2) is 8.84. The van der Waals surface area contributed by atoms with Crippen LogP contribution in [0.2, 0.25) is 0 Å². The Morgan fingerprint density at radius 2 is 2.15 bits per heavy atom. The Morgan fingerprint density at radius 3 is 2.85 bits per heavy atom. The number of anilines is 2. The Bertz CT molecular complexity index is 666. The molecule has 0 bridgehead atoms. The largest absolute Gasteiger partial charge is 0.392 e. The van der Waals surface area contributed by atoms with Gasteiger partial charge in [-0.25, -0.2) is 4.98 Å². The number of hydrogen-bond acceptors (Lipinski definition) is 7. The highest BCUT2D eigenvalue weighted by atomic mass is 16.3. The van der Waals surface area contributed by atoms with E-state index in [-0.39, 0.29) is 12.0 Å². The van der Waals surface area contributed by atoms with Gasteiger partial charge < -0.3 is 25.1 Å². The average Bonchev–Trinajstić information content (AvgIpc) is 2.64. The monoisotopic (exact) mass is 376 g/mol. The smallest absolute Gasteiger partial charge is 0.227 e. The highest BCUT2D eigenvalue weighted by Gasteiger charge is 2.24. The van der Waals surface area contributed by atoms with E-state index in [0.29, 0.717) is 19.0 Å². The molecule has 3 rings (SSSR count). The summed E-state index contributed by atoms with van der Waals surface area (Å²) in [5, 5.41) is 13.3. The van der Waals surface area contributed by atoms with E-state index < -0.39 is 0 Å². The van der Waals surface area contributed by atoms with Crippen molar-refractivity contribution in [3.63, 3.8) is 0 Å². The quantitative estimate of drug-likeness (QED) is 0.707. The molecule has 1 aromatic rings. The molecule has 0 radical (unpaired) electrons. The fraction of sp³-hybridized carbons (Fsp3) is 0.737. The number of piperidine rings is 1. The summed E-state index contributed by atoms with van der Waals surface area (Å²) < 4.78 is 0. The summed E-state index contributed by atoms with van der Waals surface area (Å²) in [4.78, 5) is 27.2. The van der Waals surface area contributed by atoms with Crippen LogP contribution in [-0.4, -0.2) is 83.7 Å². The molecule has 0 aliphatic carbocycles. The Hall–Kier alpha value is -1.93. The molecule has 2 aliphatic heterocycles. The number of fused-ring (bicyclic) bond motifs is 1. The molecule has 1 aromatic heterocycles. The number of aliphatic hydroxyl groups is 1. The molecule has 1 amide bonds. The molecule has 27 heavy (non-hydrogen) atoms. The van der Waals surface area contributed by atoms with E-state index in [4.69, 9.17) is 4.98 Å². The lowest BCUT2D eigenvalue weighted by molar-refractivity contribution is -0.129. The van der Waals surface area contributed by atoms with Crippen LogP contribution in [0.15, 0.2) is 0 Å². The van der Waals surface area contributed by atoms with E-state index in [1.165, 1.54) is 0 Å². The average molecular weight is 377 g/mol. The van der Waals surface area contributed by atoms with E-state index in [0.717, 1.165) is 68.9 Å². The van der Waals surface area contributed by atoms with Gasteiger partial charge >= 0.3 is 0 Å². The zero-order chi connectivity index (χ0) is 19.4. The van der Waals surface area contributed by atoms with Gasteiger partial charge in [0.1, 0.15) is 5.82 Å². The number of aliphatic hydroxyl groups excluding tert-OH is 1. The minimum atomic E-state index is -0.174. The van der Waals surface area contributed by atoms with Crippen molar-refractivity contribution in [2.45, 2.75) is 45.3 Å². The van der Waals surface area contributed by atoms with E-state index in [2.05, 4.69) is 15.2 Å². The van der Waals surface area contributed by atoms with Gasteiger partial charge in [-0.1, -0.05) is 0 Å². The van der Waals surface area contributed by atoms with Crippen molar-refractivity contribution in [2.75, 3.05) is 57.0 Å². The van der Waals surface area contributed by atoms with Crippen LogP contribution in [0.1, 0.15) is 37.4 Å². The van der Waals surface area contributed by atoms with Crippen molar-refractivity contribution in [2.24, 2.45) is 0 Å². The Balaban J connectivity index is 1.63. The third-order valence-electron chi connectivity index (χ3n) is 5.32. The lowest BCUT2D eigenvalue weighted by Gasteiger charge is -2.30. The van der Waals surface area contributed by atoms with Crippen LogP contribution in [0.5, 0.6) is 0 Å². The third kappa shape index (κ3) is 5.07. The molecular formula is C19H32N6O2. The molecule has 2 N–H and O–H groups in total. The van der Waals surface area contributed by atoms with Gasteiger partial charge in [-0.05, 0) is 38.8 Å². The zero-order valence-electron chi connectivity index (χ0n) is 16.7. The fourth-order valence-electron chi connectivity index (χ4n) is 3.78. The van der Waals surface area contributed by atoms with Crippen LogP contribution >= 0.6 is 0 Å². The highest BCUT2D eigenvalue weighted by Crippen LogP contribution is 2.26. The van der Waals surface area contributed by atoms with Gasteiger partial charge in [0.05, 0.1) is 18.3 Å². The number of carbonyl (C=O) groups excluding carboxylic acids is 1. The van der Waals surface area contributed by atoms with Crippen molar-refractivity contribution >= 4 is 17.7 Å². The second-order valence-corrected chi connectivity index (χ2v) is 7.76. The SMILES string of the molecule is CC(=O)N1CCc2c(nc(N(C)C)nc2NCCCN2CCCC(O)C2)C1. The fourth-order valence-corrected chi connectivity index (χ4v) is 3.78. The van der Waals surface area contributed by atoms with Gasteiger partial charge in [-0.3, -0.25) is 4.79 Å². The van der Waals surface area contributed by atoms with Crippen LogP contribution < -0.4 is 10.2 Å². The number of hydrogen-bond donors (Lipinski definition) is 2. The lowest BCUT2D eigenvalue weighted by atomic mass is 10.1. The third-order valence-corrected chi connectivity index (χ3v) is 5.32. The Kier molecular flexibility index (Phi) is 6.49. The molecule has 0 spiro atoms. The van der Waals surface area contributed by atoms with Crippen molar-refractivity contribution in [1.29, 1.82) is 0 Å². The maximum absolute atomic E-state index is 11.7. The van der Waals surface area contributed by atoms with E-state index in [1.807, 2.05) is 23.9 Å². The molecule has 1 atom stereocenters. The predicted molar refractivity (Wildman–Crippen MR) is 106 cm³/mol.